The van der Waals surface area contributed by atoms with Crippen LogP contribution in [0.4, 0.5) is 0 Å². The summed E-state index contributed by atoms with van der Waals surface area (Å²) >= 11 is 1.77. The van der Waals surface area contributed by atoms with Crippen LogP contribution >= 0.6 is 11.3 Å². The Morgan fingerprint density at radius 2 is 2.03 bits per heavy atom. The zero-order valence-corrected chi connectivity index (χ0v) is 18.5. The van der Waals surface area contributed by atoms with E-state index < -0.39 is 0 Å². The summed E-state index contributed by atoms with van der Waals surface area (Å²) in [6, 6.07) is 14.8. The lowest BCUT2D eigenvalue weighted by Crippen LogP contribution is -2.37. The number of hydrogen-bond donors (Lipinski definition) is 0. The number of amides is 1. The van der Waals surface area contributed by atoms with E-state index in [2.05, 4.69) is 48.8 Å². The van der Waals surface area contributed by atoms with Gasteiger partial charge in [0.1, 0.15) is 0 Å². The number of carbonyl (C=O) groups excluding carboxylic acids is 1. The molecule has 2 aromatic heterocycles. The normalized spacial score (nSPS) is 15.6. The molecule has 0 N–H and O–H groups in total. The van der Waals surface area contributed by atoms with Crippen molar-refractivity contribution in [1.29, 1.82) is 0 Å². The zero-order valence-electron chi connectivity index (χ0n) is 17.6. The highest BCUT2D eigenvalue weighted by Crippen LogP contribution is 2.43. The summed E-state index contributed by atoms with van der Waals surface area (Å²) in [7, 11) is 0. The van der Waals surface area contributed by atoms with Crippen molar-refractivity contribution in [3.63, 3.8) is 0 Å². The fraction of sp³-hybridized carbons (Fsp3) is 0.280. The van der Waals surface area contributed by atoms with Crippen LogP contribution in [0.15, 0.2) is 55.1 Å². The summed E-state index contributed by atoms with van der Waals surface area (Å²) < 4.78 is 5.88. The summed E-state index contributed by atoms with van der Waals surface area (Å²) in [6.45, 7) is 11.6. The molecule has 1 amide bonds. The molecule has 0 fully saturated rings. The van der Waals surface area contributed by atoms with Crippen molar-refractivity contribution in [2.45, 2.75) is 33.2 Å². The van der Waals surface area contributed by atoms with E-state index in [1.165, 1.54) is 27.0 Å². The molecular formula is C25H26N2O2S. The molecule has 0 radical (unpaired) electrons. The van der Waals surface area contributed by atoms with Gasteiger partial charge in [-0.1, -0.05) is 30.8 Å². The number of benzene rings is 1. The van der Waals surface area contributed by atoms with Crippen molar-refractivity contribution in [1.82, 2.24) is 9.88 Å². The van der Waals surface area contributed by atoms with E-state index in [1.807, 2.05) is 30.9 Å². The van der Waals surface area contributed by atoms with Gasteiger partial charge in [0, 0.05) is 33.5 Å². The van der Waals surface area contributed by atoms with Gasteiger partial charge >= 0.3 is 0 Å². The smallest absolute Gasteiger partial charge is 0.246 e. The monoisotopic (exact) mass is 418 g/mol. The van der Waals surface area contributed by atoms with Gasteiger partial charge in [0.05, 0.1) is 13.2 Å². The van der Waals surface area contributed by atoms with Gasteiger partial charge in [0.15, 0.2) is 0 Å². The number of carbonyl (C=O) groups is 1. The molecule has 4 rings (SSSR count). The largest absolute Gasteiger partial charge is 0.478 e. The molecule has 3 heterocycles. The van der Waals surface area contributed by atoms with Gasteiger partial charge in [-0.15, -0.1) is 11.3 Å². The molecule has 0 aliphatic carbocycles. The maximum atomic E-state index is 12.5. The lowest BCUT2D eigenvalue weighted by Gasteiger charge is -2.33. The second-order valence-corrected chi connectivity index (χ2v) is 8.88. The van der Waals surface area contributed by atoms with Crippen LogP contribution in [0.3, 0.4) is 0 Å². The van der Waals surface area contributed by atoms with Crippen LogP contribution in [-0.4, -0.2) is 28.9 Å². The van der Waals surface area contributed by atoms with Crippen LogP contribution in [-0.2, 0) is 11.3 Å². The Kier molecular flexibility index (Phi) is 5.73. The topological polar surface area (TPSA) is 42.4 Å². The molecule has 1 atom stereocenters. The highest BCUT2D eigenvalue weighted by Gasteiger charge is 2.31. The van der Waals surface area contributed by atoms with E-state index in [-0.39, 0.29) is 11.8 Å². The van der Waals surface area contributed by atoms with Crippen molar-refractivity contribution in [2.24, 2.45) is 0 Å². The molecule has 0 saturated carbocycles. The second-order valence-electron chi connectivity index (χ2n) is 7.54. The first kappa shape index (κ1) is 20.4. The minimum atomic E-state index is -0.0267. The maximum absolute atomic E-state index is 12.5. The predicted molar refractivity (Wildman–Crippen MR) is 122 cm³/mol. The van der Waals surface area contributed by atoms with Crippen molar-refractivity contribution in [3.05, 3.63) is 81.7 Å². The summed E-state index contributed by atoms with van der Waals surface area (Å²) in [6.07, 6.45) is 1.41. The average Bonchev–Trinajstić information content (AvgIpc) is 3.13. The Morgan fingerprint density at radius 1 is 1.23 bits per heavy atom. The Labute approximate surface area is 181 Å². The minimum absolute atomic E-state index is 0.0267. The van der Waals surface area contributed by atoms with E-state index in [0.29, 0.717) is 25.6 Å². The summed E-state index contributed by atoms with van der Waals surface area (Å²) in [5.41, 5.74) is 5.51. The maximum Gasteiger partial charge on any atom is 0.246 e. The number of aryl methyl sites for hydroxylation is 2. The zero-order chi connectivity index (χ0) is 21.3. The number of rotatable bonds is 5. The molecule has 0 bridgehead atoms. The van der Waals surface area contributed by atoms with E-state index in [4.69, 9.17) is 4.74 Å². The Bertz CT molecular complexity index is 1100. The first-order chi connectivity index (χ1) is 14.5. The van der Waals surface area contributed by atoms with Crippen LogP contribution < -0.4 is 4.74 Å². The number of thiophene rings is 1. The van der Waals surface area contributed by atoms with Gasteiger partial charge in [-0.3, -0.25) is 4.79 Å². The van der Waals surface area contributed by atoms with Gasteiger partial charge in [0.25, 0.3) is 0 Å². The number of hydrogen-bond acceptors (Lipinski definition) is 4. The molecule has 30 heavy (non-hydrogen) atoms. The van der Waals surface area contributed by atoms with Crippen LogP contribution in [0.1, 0.15) is 39.4 Å². The van der Waals surface area contributed by atoms with Gasteiger partial charge in [0.2, 0.25) is 11.8 Å². The van der Waals surface area contributed by atoms with Crippen LogP contribution in [0.2, 0.25) is 0 Å². The predicted octanol–water partition coefficient (Wildman–Crippen LogP) is 5.49. The van der Waals surface area contributed by atoms with Crippen molar-refractivity contribution in [2.75, 3.05) is 13.2 Å². The third kappa shape index (κ3) is 3.77. The molecule has 1 aromatic carbocycles. The Balaban J connectivity index is 1.86. The van der Waals surface area contributed by atoms with E-state index in [1.54, 1.807) is 11.3 Å². The highest BCUT2D eigenvalue weighted by atomic mass is 32.1. The van der Waals surface area contributed by atoms with Gasteiger partial charge in [-0.2, -0.15) is 0 Å². The standard InChI is InChI=1S/C25H26N2O2S/c1-5-24(28)27-14-22(21-13-17(4)30-23(21)15-27)19-10-8-7-9-18(19)20-12-11-16(3)26-25(20)29-6-2/h5,7-13,22H,1,6,14-15H2,2-4H3. The number of nitrogens with zero attached hydrogens (tertiary/aromatic N) is 2. The van der Waals surface area contributed by atoms with Gasteiger partial charge in [-0.05, 0) is 61.7 Å². The first-order valence-electron chi connectivity index (χ1n) is 10.2. The minimum Gasteiger partial charge on any atom is -0.478 e. The quantitative estimate of drug-likeness (QED) is 0.515. The molecule has 1 aliphatic heterocycles. The second kappa shape index (κ2) is 8.44. The Hall–Kier alpha value is -2.92. The number of pyridine rings is 1. The fourth-order valence-corrected chi connectivity index (χ4v) is 5.26. The summed E-state index contributed by atoms with van der Waals surface area (Å²) in [5, 5.41) is 0. The molecule has 5 heteroatoms. The summed E-state index contributed by atoms with van der Waals surface area (Å²) in [5.74, 6) is 0.720. The SMILES string of the molecule is C=CC(=O)N1Cc2sc(C)cc2C(c2ccccc2-c2ccc(C)nc2OCC)C1. The molecule has 0 spiro atoms. The van der Waals surface area contributed by atoms with Gasteiger partial charge in [-0.25, -0.2) is 4.98 Å². The van der Waals surface area contributed by atoms with Gasteiger partial charge < -0.3 is 9.64 Å². The van der Waals surface area contributed by atoms with E-state index >= 15 is 0 Å². The molecule has 154 valence electrons. The first-order valence-corrected chi connectivity index (χ1v) is 11.0. The van der Waals surface area contributed by atoms with Crippen molar-refractivity contribution < 1.29 is 9.53 Å². The molecule has 1 aliphatic rings. The molecule has 1 unspecified atom stereocenters. The Morgan fingerprint density at radius 3 is 2.80 bits per heavy atom. The van der Waals surface area contributed by atoms with Crippen LogP contribution in [0.25, 0.3) is 11.1 Å². The molecule has 0 saturated heterocycles. The highest BCUT2D eigenvalue weighted by molar-refractivity contribution is 7.12. The molecular weight excluding hydrogens is 392 g/mol. The third-order valence-corrected chi connectivity index (χ3v) is 6.52. The number of aromatic nitrogens is 1. The van der Waals surface area contributed by atoms with Crippen molar-refractivity contribution >= 4 is 17.2 Å². The average molecular weight is 419 g/mol. The van der Waals surface area contributed by atoms with Crippen LogP contribution in [0.5, 0.6) is 5.88 Å². The van der Waals surface area contributed by atoms with E-state index in [9.17, 15) is 4.79 Å². The number of ether oxygens (including phenoxy) is 1. The summed E-state index contributed by atoms with van der Waals surface area (Å²) in [4.78, 5) is 21.5. The van der Waals surface area contributed by atoms with Crippen molar-refractivity contribution in [3.8, 4) is 17.0 Å². The molecule has 4 nitrogen and oxygen atoms in total. The fourth-order valence-electron chi connectivity index (χ4n) is 4.15. The molecule has 3 aromatic rings. The lowest BCUT2D eigenvalue weighted by molar-refractivity contribution is -0.127. The number of fused-ring (bicyclic) bond motifs is 1. The van der Waals surface area contributed by atoms with E-state index in [0.717, 1.165) is 16.8 Å². The lowest BCUT2D eigenvalue weighted by atomic mass is 9.84. The van der Waals surface area contributed by atoms with Crippen LogP contribution in [0, 0.1) is 13.8 Å². The third-order valence-electron chi connectivity index (χ3n) is 5.47.